The highest BCUT2D eigenvalue weighted by molar-refractivity contribution is 6.30. The molecule has 0 aliphatic heterocycles. The van der Waals surface area contributed by atoms with Crippen LogP contribution in [0.1, 0.15) is 35.9 Å². The lowest BCUT2D eigenvalue weighted by Crippen LogP contribution is -2.20. The van der Waals surface area contributed by atoms with E-state index in [9.17, 15) is 9.90 Å². The summed E-state index contributed by atoms with van der Waals surface area (Å²) in [7, 11) is 0. The van der Waals surface area contributed by atoms with E-state index in [1.807, 2.05) is 24.3 Å². The Morgan fingerprint density at radius 3 is 2.24 bits per heavy atom. The van der Waals surface area contributed by atoms with E-state index in [0.29, 0.717) is 10.9 Å². The quantitative estimate of drug-likeness (QED) is 0.857. The number of carboxylic acid groups (broad SMARTS) is 1. The minimum atomic E-state index is -0.899. The third-order valence-corrected chi connectivity index (χ3v) is 3.97. The molecule has 2 aromatic rings. The Labute approximate surface area is 128 Å². The number of rotatable bonds is 5. The molecule has 0 bridgehead atoms. The SMILES string of the molecule is O=C(O)C(Nc1ccc(Cl)cc1)c1ccc(C2CC2)cc1. The summed E-state index contributed by atoms with van der Waals surface area (Å²) in [6, 6.07) is 14.1. The van der Waals surface area contributed by atoms with Crippen molar-refractivity contribution in [3.05, 3.63) is 64.7 Å². The van der Waals surface area contributed by atoms with Gasteiger partial charge in [0.05, 0.1) is 0 Å². The van der Waals surface area contributed by atoms with Gasteiger partial charge in [0.25, 0.3) is 0 Å². The number of benzene rings is 2. The molecule has 108 valence electrons. The molecule has 1 unspecified atom stereocenters. The van der Waals surface area contributed by atoms with Gasteiger partial charge in [-0.1, -0.05) is 35.9 Å². The zero-order valence-electron chi connectivity index (χ0n) is 11.4. The molecule has 0 heterocycles. The Hall–Kier alpha value is -2.00. The molecular formula is C17H16ClNO2. The van der Waals surface area contributed by atoms with Crippen LogP contribution >= 0.6 is 11.6 Å². The predicted molar refractivity (Wildman–Crippen MR) is 83.9 cm³/mol. The van der Waals surface area contributed by atoms with E-state index >= 15 is 0 Å². The van der Waals surface area contributed by atoms with Crippen molar-refractivity contribution < 1.29 is 9.90 Å². The Kier molecular flexibility index (Phi) is 3.84. The van der Waals surface area contributed by atoms with Crippen LogP contribution in [0, 0.1) is 0 Å². The maximum Gasteiger partial charge on any atom is 0.330 e. The topological polar surface area (TPSA) is 49.3 Å². The molecule has 0 radical (unpaired) electrons. The smallest absolute Gasteiger partial charge is 0.330 e. The lowest BCUT2D eigenvalue weighted by atomic mass is 10.0. The summed E-state index contributed by atoms with van der Waals surface area (Å²) >= 11 is 5.84. The molecule has 1 saturated carbocycles. The van der Waals surface area contributed by atoms with Gasteiger partial charge in [0.15, 0.2) is 6.04 Å². The molecule has 3 nitrogen and oxygen atoms in total. The van der Waals surface area contributed by atoms with Crippen LogP contribution in [0.4, 0.5) is 5.69 Å². The van der Waals surface area contributed by atoms with E-state index in [1.54, 1.807) is 24.3 Å². The summed E-state index contributed by atoms with van der Waals surface area (Å²) in [5.74, 6) is -0.226. The van der Waals surface area contributed by atoms with Crippen molar-refractivity contribution in [1.82, 2.24) is 0 Å². The van der Waals surface area contributed by atoms with Crippen molar-refractivity contribution in [1.29, 1.82) is 0 Å². The van der Waals surface area contributed by atoms with Gasteiger partial charge in [0.2, 0.25) is 0 Å². The number of anilines is 1. The number of nitrogens with one attached hydrogen (secondary N) is 1. The van der Waals surface area contributed by atoms with E-state index in [-0.39, 0.29) is 0 Å². The van der Waals surface area contributed by atoms with Gasteiger partial charge in [-0.25, -0.2) is 4.79 Å². The highest BCUT2D eigenvalue weighted by Gasteiger charge is 2.24. The fourth-order valence-electron chi connectivity index (χ4n) is 2.38. The average molecular weight is 302 g/mol. The van der Waals surface area contributed by atoms with Crippen molar-refractivity contribution >= 4 is 23.3 Å². The van der Waals surface area contributed by atoms with Crippen molar-refractivity contribution in [3.63, 3.8) is 0 Å². The molecule has 0 saturated heterocycles. The fraction of sp³-hybridized carbons (Fsp3) is 0.235. The summed E-state index contributed by atoms with van der Waals surface area (Å²) in [6.45, 7) is 0. The van der Waals surface area contributed by atoms with Crippen LogP contribution in [0.5, 0.6) is 0 Å². The van der Waals surface area contributed by atoms with Crippen molar-refractivity contribution in [3.8, 4) is 0 Å². The van der Waals surface area contributed by atoms with Gasteiger partial charge in [0, 0.05) is 10.7 Å². The van der Waals surface area contributed by atoms with Gasteiger partial charge in [-0.05, 0) is 54.2 Å². The lowest BCUT2D eigenvalue weighted by Gasteiger charge is -2.16. The first-order valence-electron chi connectivity index (χ1n) is 6.98. The summed E-state index contributed by atoms with van der Waals surface area (Å²) in [4.78, 5) is 11.5. The van der Waals surface area contributed by atoms with Crippen LogP contribution in [-0.2, 0) is 4.79 Å². The van der Waals surface area contributed by atoms with E-state index in [4.69, 9.17) is 11.6 Å². The zero-order valence-corrected chi connectivity index (χ0v) is 12.2. The fourth-order valence-corrected chi connectivity index (χ4v) is 2.50. The Morgan fingerprint density at radius 2 is 1.71 bits per heavy atom. The second-order valence-corrected chi connectivity index (χ2v) is 5.80. The van der Waals surface area contributed by atoms with Crippen molar-refractivity contribution in [2.45, 2.75) is 24.8 Å². The number of hydrogen-bond acceptors (Lipinski definition) is 2. The second kappa shape index (κ2) is 5.78. The van der Waals surface area contributed by atoms with Gasteiger partial charge in [-0.2, -0.15) is 0 Å². The molecule has 1 fully saturated rings. The van der Waals surface area contributed by atoms with Crippen molar-refractivity contribution in [2.24, 2.45) is 0 Å². The first kappa shape index (κ1) is 14.0. The molecule has 4 heteroatoms. The van der Waals surface area contributed by atoms with Gasteiger partial charge < -0.3 is 10.4 Å². The van der Waals surface area contributed by atoms with Crippen LogP contribution in [0.3, 0.4) is 0 Å². The number of hydrogen-bond donors (Lipinski definition) is 2. The minimum absolute atomic E-state index is 0.626. The molecular weight excluding hydrogens is 286 g/mol. The lowest BCUT2D eigenvalue weighted by molar-refractivity contribution is -0.138. The Balaban J connectivity index is 1.79. The summed E-state index contributed by atoms with van der Waals surface area (Å²) in [5.41, 5.74) is 2.79. The molecule has 2 aromatic carbocycles. The Bertz CT molecular complexity index is 633. The third kappa shape index (κ3) is 3.37. The van der Waals surface area contributed by atoms with Crippen LogP contribution < -0.4 is 5.32 Å². The first-order chi connectivity index (χ1) is 10.1. The maximum atomic E-state index is 11.5. The molecule has 3 rings (SSSR count). The average Bonchev–Trinajstić information content (AvgIpc) is 3.31. The number of halogens is 1. The highest BCUT2D eigenvalue weighted by atomic mass is 35.5. The van der Waals surface area contributed by atoms with E-state index in [1.165, 1.54) is 18.4 Å². The van der Waals surface area contributed by atoms with Crippen molar-refractivity contribution in [2.75, 3.05) is 5.32 Å². The largest absolute Gasteiger partial charge is 0.479 e. The molecule has 1 atom stereocenters. The minimum Gasteiger partial charge on any atom is -0.479 e. The monoisotopic (exact) mass is 301 g/mol. The van der Waals surface area contributed by atoms with E-state index < -0.39 is 12.0 Å². The van der Waals surface area contributed by atoms with Crippen LogP contribution in [0.15, 0.2) is 48.5 Å². The van der Waals surface area contributed by atoms with Crippen LogP contribution in [0.25, 0.3) is 0 Å². The molecule has 0 amide bonds. The van der Waals surface area contributed by atoms with E-state index in [2.05, 4.69) is 5.32 Å². The molecule has 1 aliphatic rings. The van der Waals surface area contributed by atoms with Gasteiger partial charge in [0.1, 0.15) is 0 Å². The van der Waals surface area contributed by atoms with E-state index in [0.717, 1.165) is 11.3 Å². The summed E-state index contributed by atoms with van der Waals surface area (Å²) in [6.07, 6.45) is 2.48. The standard InChI is InChI=1S/C17H16ClNO2/c18-14-7-9-15(10-8-14)19-16(17(20)21)13-5-3-12(4-6-13)11-1-2-11/h3-11,16,19H,1-2H2,(H,20,21). The van der Waals surface area contributed by atoms with Crippen LogP contribution in [-0.4, -0.2) is 11.1 Å². The summed E-state index contributed by atoms with van der Waals surface area (Å²) < 4.78 is 0. The van der Waals surface area contributed by atoms with Crippen LogP contribution in [0.2, 0.25) is 5.02 Å². The third-order valence-electron chi connectivity index (χ3n) is 3.72. The van der Waals surface area contributed by atoms with Gasteiger partial charge >= 0.3 is 5.97 Å². The molecule has 0 spiro atoms. The number of carbonyl (C=O) groups is 1. The summed E-state index contributed by atoms with van der Waals surface area (Å²) in [5, 5.41) is 13.1. The van der Waals surface area contributed by atoms with Gasteiger partial charge in [-0.15, -0.1) is 0 Å². The normalized spacial score (nSPS) is 15.5. The zero-order chi connectivity index (χ0) is 14.8. The highest BCUT2D eigenvalue weighted by Crippen LogP contribution is 2.40. The Morgan fingerprint density at radius 1 is 1.10 bits per heavy atom. The first-order valence-corrected chi connectivity index (χ1v) is 7.36. The second-order valence-electron chi connectivity index (χ2n) is 5.36. The number of aliphatic carboxylic acids is 1. The predicted octanol–water partition coefficient (Wildman–Crippen LogP) is 4.46. The molecule has 21 heavy (non-hydrogen) atoms. The molecule has 0 aromatic heterocycles. The molecule has 2 N–H and O–H groups in total. The van der Waals surface area contributed by atoms with Gasteiger partial charge in [-0.3, -0.25) is 0 Å². The number of carboxylic acids is 1. The maximum absolute atomic E-state index is 11.5. The molecule has 1 aliphatic carbocycles.